The number of amides is 1. The minimum atomic E-state index is -0.0320. The van der Waals surface area contributed by atoms with Crippen molar-refractivity contribution in [3.8, 4) is 0 Å². The molecular formula is C10H11BrN2O2. The van der Waals surface area contributed by atoms with Crippen molar-refractivity contribution in [3.05, 3.63) is 22.8 Å². The van der Waals surface area contributed by atoms with E-state index in [9.17, 15) is 4.79 Å². The van der Waals surface area contributed by atoms with Crippen LogP contribution in [-0.2, 0) is 9.53 Å². The summed E-state index contributed by atoms with van der Waals surface area (Å²) in [4.78, 5) is 15.7. The number of anilines is 1. The number of carbonyl (C=O) groups excluding carboxylic acids is 1. The van der Waals surface area contributed by atoms with Gasteiger partial charge in [0.2, 0.25) is 5.91 Å². The predicted octanol–water partition coefficient (Wildman–Crippen LogP) is 1.82. The average molecular weight is 271 g/mol. The van der Waals surface area contributed by atoms with Crippen LogP contribution in [0.2, 0.25) is 0 Å². The van der Waals surface area contributed by atoms with Crippen LogP contribution >= 0.6 is 15.9 Å². The Bertz CT molecular complexity index is 347. The molecule has 1 aromatic rings. The van der Waals surface area contributed by atoms with E-state index >= 15 is 0 Å². The van der Waals surface area contributed by atoms with Crippen LogP contribution in [0.15, 0.2) is 22.8 Å². The molecule has 0 spiro atoms. The van der Waals surface area contributed by atoms with Crippen molar-refractivity contribution < 1.29 is 9.53 Å². The van der Waals surface area contributed by atoms with Crippen molar-refractivity contribution in [2.45, 2.75) is 6.42 Å². The lowest BCUT2D eigenvalue weighted by molar-refractivity contribution is -0.119. The van der Waals surface area contributed by atoms with E-state index < -0.39 is 0 Å². The summed E-state index contributed by atoms with van der Waals surface area (Å²) in [6, 6.07) is 3.60. The van der Waals surface area contributed by atoms with Crippen molar-refractivity contribution in [2.75, 3.05) is 18.5 Å². The molecule has 15 heavy (non-hydrogen) atoms. The summed E-state index contributed by atoms with van der Waals surface area (Å²) >= 11 is 3.28. The Kier molecular flexibility index (Phi) is 3.33. The van der Waals surface area contributed by atoms with Gasteiger partial charge in [-0.25, -0.2) is 4.98 Å². The number of nitrogens with one attached hydrogen (secondary N) is 1. The molecule has 1 saturated heterocycles. The maximum atomic E-state index is 11.7. The lowest BCUT2D eigenvalue weighted by Crippen LogP contribution is -2.23. The highest BCUT2D eigenvalue weighted by Gasteiger charge is 2.23. The molecule has 1 aromatic heterocycles. The summed E-state index contributed by atoms with van der Waals surface area (Å²) in [6.45, 7) is 1.19. The fraction of sp³-hybridized carbons (Fsp3) is 0.400. The molecule has 1 aliphatic heterocycles. The van der Waals surface area contributed by atoms with E-state index in [1.165, 1.54) is 0 Å². The molecule has 1 atom stereocenters. The zero-order valence-electron chi connectivity index (χ0n) is 8.07. The second-order valence-corrected chi connectivity index (χ2v) is 4.33. The van der Waals surface area contributed by atoms with Crippen molar-refractivity contribution in [2.24, 2.45) is 5.92 Å². The number of hydrogen-bond donors (Lipinski definition) is 1. The smallest absolute Gasteiger partial charge is 0.231 e. The van der Waals surface area contributed by atoms with Gasteiger partial charge in [-0.2, -0.15) is 0 Å². The molecule has 0 aromatic carbocycles. The van der Waals surface area contributed by atoms with Crippen LogP contribution in [0.4, 0.5) is 5.82 Å². The quantitative estimate of drug-likeness (QED) is 0.892. The van der Waals surface area contributed by atoms with Crippen molar-refractivity contribution in [3.63, 3.8) is 0 Å². The predicted molar refractivity (Wildman–Crippen MR) is 59.5 cm³/mol. The minimum Gasteiger partial charge on any atom is -0.381 e. The summed E-state index contributed by atoms with van der Waals surface area (Å²) < 4.78 is 6.04. The van der Waals surface area contributed by atoms with Gasteiger partial charge in [0.15, 0.2) is 0 Å². The van der Waals surface area contributed by atoms with E-state index in [1.54, 1.807) is 12.3 Å². The maximum Gasteiger partial charge on any atom is 0.231 e. The maximum absolute atomic E-state index is 11.7. The first-order chi connectivity index (χ1) is 7.25. The Morgan fingerprint density at radius 3 is 3.07 bits per heavy atom. The van der Waals surface area contributed by atoms with Crippen LogP contribution in [-0.4, -0.2) is 24.1 Å². The molecule has 2 rings (SSSR count). The minimum absolute atomic E-state index is 0.0117. The van der Waals surface area contributed by atoms with Crippen LogP contribution in [0.5, 0.6) is 0 Å². The molecule has 1 aliphatic rings. The topological polar surface area (TPSA) is 51.2 Å². The van der Waals surface area contributed by atoms with Gasteiger partial charge in [0.1, 0.15) is 5.82 Å². The summed E-state index contributed by atoms with van der Waals surface area (Å²) in [5, 5.41) is 2.76. The number of aromatic nitrogens is 1. The van der Waals surface area contributed by atoms with Crippen LogP contribution < -0.4 is 5.32 Å². The fourth-order valence-corrected chi connectivity index (χ4v) is 1.65. The first-order valence-corrected chi connectivity index (χ1v) is 5.55. The third-order valence-corrected chi connectivity index (χ3v) is 2.75. The fourth-order valence-electron chi connectivity index (χ4n) is 1.42. The molecule has 4 nitrogen and oxygen atoms in total. The van der Waals surface area contributed by atoms with E-state index in [1.807, 2.05) is 6.07 Å². The molecule has 1 unspecified atom stereocenters. The number of pyridine rings is 1. The number of hydrogen-bond acceptors (Lipinski definition) is 3. The van der Waals surface area contributed by atoms with Crippen LogP contribution in [0.25, 0.3) is 0 Å². The van der Waals surface area contributed by atoms with Gasteiger partial charge in [-0.1, -0.05) is 0 Å². The van der Waals surface area contributed by atoms with Gasteiger partial charge >= 0.3 is 0 Å². The third-order valence-electron chi connectivity index (χ3n) is 2.28. The van der Waals surface area contributed by atoms with E-state index in [-0.39, 0.29) is 11.8 Å². The van der Waals surface area contributed by atoms with Gasteiger partial charge in [0.25, 0.3) is 0 Å². The van der Waals surface area contributed by atoms with Gasteiger partial charge < -0.3 is 10.1 Å². The highest BCUT2D eigenvalue weighted by atomic mass is 79.9. The van der Waals surface area contributed by atoms with Crippen LogP contribution in [0.3, 0.4) is 0 Å². The molecule has 1 fully saturated rings. The first-order valence-electron chi connectivity index (χ1n) is 4.76. The standard InChI is InChI=1S/C10H11BrN2O2/c11-8-1-2-9(12-5-8)13-10(14)7-3-4-15-6-7/h1-2,5,7H,3-4,6H2,(H,12,13,14). The van der Waals surface area contributed by atoms with Crippen molar-refractivity contribution in [1.82, 2.24) is 4.98 Å². The van der Waals surface area contributed by atoms with Gasteiger partial charge in [0.05, 0.1) is 12.5 Å². The van der Waals surface area contributed by atoms with Gasteiger partial charge in [-0.3, -0.25) is 4.79 Å². The second kappa shape index (κ2) is 4.72. The molecule has 1 amide bonds. The van der Waals surface area contributed by atoms with E-state index in [4.69, 9.17) is 4.74 Å². The Labute approximate surface area is 96.2 Å². The highest BCUT2D eigenvalue weighted by Crippen LogP contribution is 2.15. The van der Waals surface area contributed by atoms with Crippen molar-refractivity contribution >= 4 is 27.7 Å². The third kappa shape index (κ3) is 2.76. The number of ether oxygens (including phenoxy) is 1. The molecule has 1 N–H and O–H groups in total. The zero-order chi connectivity index (χ0) is 10.7. The average Bonchev–Trinajstić information content (AvgIpc) is 2.74. The summed E-state index contributed by atoms with van der Waals surface area (Å²) in [5.41, 5.74) is 0. The SMILES string of the molecule is O=C(Nc1ccc(Br)cn1)C1CCOC1. The van der Waals surface area contributed by atoms with Gasteiger partial charge in [0, 0.05) is 17.3 Å². The number of carbonyl (C=O) groups is 1. The Morgan fingerprint density at radius 2 is 2.47 bits per heavy atom. The molecule has 2 heterocycles. The molecule has 5 heteroatoms. The lowest BCUT2D eigenvalue weighted by atomic mass is 10.1. The molecule has 0 radical (unpaired) electrons. The monoisotopic (exact) mass is 270 g/mol. The number of nitrogens with zero attached hydrogens (tertiary/aromatic N) is 1. The summed E-state index contributed by atoms with van der Waals surface area (Å²) in [7, 11) is 0. The first kappa shape index (κ1) is 10.6. The number of rotatable bonds is 2. The lowest BCUT2D eigenvalue weighted by Gasteiger charge is -2.08. The van der Waals surface area contributed by atoms with Crippen molar-refractivity contribution in [1.29, 1.82) is 0 Å². The Balaban J connectivity index is 1.96. The van der Waals surface area contributed by atoms with Crippen LogP contribution in [0, 0.1) is 5.92 Å². The van der Waals surface area contributed by atoms with E-state index in [2.05, 4.69) is 26.2 Å². The summed E-state index contributed by atoms with van der Waals surface area (Å²) in [5.74, 6) is 0.535. The Morgan fingerprint density at radius 1 is 1.60 bits per heavy atom. The molecule has 80 valence electrons. The number of halogens is 1. The summed E-state index contributed by atoms with van der Waals surface area (Å²) in [6.07, 6.45) is 2.45. The van der Waals surface area contributed by atoms with Crippen LogP contribution in [0.1, 0.15) is 6.42 Å². The second-order valence-electron chi connectivity index (χ2n) is 3.41. The van der Waals surface area contributed by atoms with Gasteiger partial charge in [-0.05, 0) is 34.5 Å². The van der Waals surface area contributed by atoms with Gasteiger partial charge in [-0.15, -0.1) is 0 Å². The molecule has 0 bridgehead atoms. The van der Waals surface area contributed by atoms with E-state index in [0.29, 0.717) is 19.0 Å². The highest BCUT2D eigenvalue weighted by molar-refractivity contribution is 9.10. The largest absolute Gasteiger partial charge is 0.381 e. The van der Waals surface area contributed by atoms with E-state index in [0.717, 1.165) is 10.9 Å². The molecule has 0 aliphatic carbocycles. The molecular weight excluding hydrogens is 260 g/mol. The normalized spacial score (nSPS) is 20.2. The molecule has 0 saturated carbocycles. The Hall–Kier alpha value is -0.940. The zero-order valence-corrected chi connectivity index (χ0v) is 9.66.